The molecule has 0 aliphatic rings. The van der Waals surface area contributed by atoms with Gasteiger partial charge in [-0.25, -0.2) is 22.4 Å². The fourth-order valence-corrected chi connectivity index (χ4v) is 3.71. The average molecular weight is 527 g/mol. The lowest BCUT2D eigenvalue weighted by Gasteiger charge is -2.07. The minimum atomic E-state index is -1.28. The predicted octanol–water partition coefficient (Wildman–Crippen LogP) is 8.38. The van der Waals surface area contributed by atoms with Crippen molar-refractivity contribution in [1.29, 1.82) is 0 Å². The molecule has 0 saturated carbocycles. The van der Waals surface area contributed by atoms with Crippen molar-refractivity contribution in [3.05, 3.63) is 94.6 Å². The number of ether oxygens (including phenoxy) is 2. The summed E-state index contributed by atoms with van der Waals surface area (Å²) >= 11 is 0. The van der Waals surface area contributed by atoms with Gasteiger partial charge in [0.25, 0.3) is 0 Å². The minimum Gasteiger partial charge on any atom is -0.494 e. The van der Waals surface area contributed by atoms with Crippen LogP contribution >= 0.6 is 0 Å². The molecule has 0 atom stereocenters. The fraction of sp³-hybridized carbons (Fsp3) is 0.323. The number of rotatable bonds is 12. The van der Waals surface area contributed by atoms with Gasteiger partial charge in [0.05, 0.1) is 12.2 Å². The number of carbonyl (C=O) groups is 1. The highest BCUT2D eigenvalue weighted by Crippen LogP contribution is 2.25. The van der Waals surface area contributed by atoms with Crippen LogP contribution in [0.3, 0.4) is 0 Å². The number of benzene rings is 3. The van der Waals surface area contributed by atoms with Crippen molar-refractivity contribution in [2.24, 2.45) is 0 Å². The van der Waals surface area contributed by atoms with Gasteiger partial charge in [0.15, 0.2) is 23.3 Å². The molecule has 0 bridgehead atoms. The summed E-state index contributed by atoms with van der Waals surface area (Å²) < 4.78 is 65.7. The van der Waals surface area contributed by atoms with Crippen LogP contribution in [0.2, 0.25) is 0 Å². The Morgan fingerprint density at radius 1 is 0.684 bits per heavy atom. The Bertz CT molecular complexity index is 1250. The molecule has 0 aromatic heterocycles. The predicted molar refractivity (Wildman–Crippen MR) is 138 cm³/mol. The quantitative estimate of drug-likeness (QED) is 0.0782. The number of unbranched alkanes of at least 4 members (excludes halogenated alkanes) is 7. The lowest BCUT2D eigenvalue weighted by molar-refractivity contribution is 0.0719. The molecule has 0 N–H and O–H groups in total. The van der Waals surface area contributed by atoms with E-state index >= 15 is 0 Å². The van der Waals surface area contributed by atoms with E-state index in [0.29, 0.717) is 24.3 Å². The summed E-state index contributed by atoms with van der Waals surface area (Å²) in [6, 6.07) is 11.2. The zero-order valence-corrected chi connectivity index (χ0v) is 21.3. The monoisotopic (exact) mass is 526 g/mol. The SMILES string of the molecule is CCCCCCCCCCOc1ccc(C#Cc2cc(F)c(OC(=O)c3ccc(F)c(F)c3)c(F)c2)cc1. The maximum atomic E-state index is 14.4. The number of halogens is 4. The molecule has 0 amide bonds. The summed E-state index contributed by atoms with van der Waals surface area (Å²) in [5, 5.41) is 0. The molecule has 3 nitrogen and oxygen atoms in total. The fourth-order valence-electron chi connectivity index (χ4n) is 3.71. The Morgan fingerprint density at radius 3 is 1.92 bits per heavy atom. The van der Waals surface area contributed by atoms with E-state index in [2.05, 4.69) is 18.8 Å². The number of carbonyl (C=O) groups excluding carboxylic acids is 1. The van der Waals surface area contributed by atoms with Crippen LogP contribution in [-0.4, -0.2) is 12.6 Å². The molecule has 0 aliphatic carbocycles. The minimum absolute atomic E-state index is 0.0302. The van der Waals surface area contributed by atoms with Crippen LogP contribution in [0.4, 0.5) is 17.6 Å². The van der Waals surface area contributed by atoms with Crippen LogP contribution < -0.4 is 9.47 Å². The van der Waals surface area contributed by atoms with Crippen molar-refractivity contribution in [3.8, 4) is 23.3 Å². The van der Waals surface area contributed by atoms with Crippen molar-refractivity contribution < 1.29 is 31.8 Å². The van der Waals surface area contributed by atoms with Crippen LogP contribution in [0.1, 0.15) is 79.8 Å². The van der Waals surface area contributed by atoms with E-state index in [1.165, 1.54) is 38.5 Å². The first-order chi connectivity index (χ1) is 18.4. The molecule has 0 saturated heterocycles. The third-order valence-corrected chi connectivity index (χ3v) is 5.82. The van der Waals surface area contributed by atoms with E-state index in [-0.39, 0.29) is 5.56 Å². The zero-order valence-electron chi connectivity index (χ0n) is 21.3. The highest BCUT2D eigenvalue weighted by Gasteiger charge is 2.18. The molecule has 38 heavy (non-hydrogen) atoms. The van der Waals surface area contributed by atoms with Crippen LogP contribution in [-0.2, 0) is 0 Å². The second kappa shape index (κ2) is 14.8. The normalized spacial score (nSPS) is 10.6. The van der Waals surface area contributed by atoms with E-state index in [9.17, 15) is 22.4 Å². The Hall–Kier alpha value is -3.79. The number of esters is 1. The smallest absolute Gasteiger partial charge is 0.343 e. The van der Waals surface area contributed by atoms with E-state index in [4.69, 9.17) is 9.47 Å². The van der Waals surface area contributed by atoms with Crippen molar-refractivity contribution >= 4 is 5.97 Å². The molecule has 0 fully saturated rings. The lowest BCUT2D eigenvalue weighted by atomic mass is 10.1. The average Bonchev–Trinajstić information content (AvgIpc) is 2.90. The van der Waals surface area contributed by atoms with Crippen molar-refractivity contribution in [1.82, 2.24) is 0 Å². The Balaban J connectivity index is 1.51. The molecule has 0 aliphatic heterocycles. The van der Waals surface area contributed by atoms with Gasteiger partial charge >= 0.3 is 5.97 Å². The van der Waals surface area contributed by atoms with Gasteiger partial charge in [-0.15, -0.1) is 0 Å². The first kappa shape index (κ1) is 28.8. The second-order valence-electron chi connectivity index (χ2n) is 8.89. The van der Waals surface area contributed by atoms with Gasteiger partial charge in [-0.3, -0.25) is 0 Å². The number of hydrogen-bond donors (Lipinski definition) is 0. The molecule has 200 valence electrons. The van der Waals surface area contributed by atoms with Crippen LogP contribution in [0.5, 0.6) is 11.5 Å². The van der Waals surface area contributed by atoms with Gasteiger partial charge in [0.1, 0.15) is 5.75 Å². The van der Waals surface area contributed by atoms with E-state index in [0.717, 1.165) is 36.8 Å². The highest BCUT2D eigenvalue weighted by molar-refractivity contribution is 5.91. The van der Waals surface area contributed by atoms with Gasteiger partial charge in [0, 0.05) is 11.1 Å². The second-order valence-corrected chi connectivity index (χ2v) is 8.89. The topological polar surface area (TPSA) is 35.5 Å². The third kappa shape index (κ3) is 8.95. The lowest BCUT2D eigenvalue weighted by Crippen LogP contribution is -2.11. The summed E-state index contributed by atoms with van der Waals surface area (Å²) in [7, 11) is 0. The van der Waals surface area contributed by atoms with Gasteiger partial charge in [-0.05, 0) is 61.0 Å². The Labute approximate surface area is 220 Å². The molecule has 3 aromatic rings. The first-order valence-corrected chi connectivity index (χ1v) is 12.8. The van der Waals surface area contributed by atoms with Crippen molar-refractivity contribution in [2.45, 2.75) is 58.3 Å². The standard InChI is InChI=1S/C31H30F4O3/c1-2-3-4-5-6-7-8-9-18-37-25-15-12-22(13-16-25)10-11-23-19-28(34)30(29(35)20-23)38-31(36)24-14-17-26(32)27(33)21-24/h12-17,19-21H,2-9,18H2,1H3. The van der Waals surface area contributed by atoms with Gasteiger partial charge in [0.2, 0.25) is 5.75 Å². The number of hydrogen-bond acceptors (Lipinski definition) is 3. The first-order valence-electron chi connectivity index (χ1n) is 12.8. The maximum absolute atomic E-state index is 14.4. The zero-order chi connectivity index (χ0) is 27.3. The Morgan fingerprint density at radius 2 is 1.29 bits per heavy atom. The maximum Gasteiger partial charge on any atom is 0.343 e. The largest absolute Gasteiger partial charge is 0.494 e. The summed E-state index contributed by atoms with van der Waals surface area (Å²) in [4.78, 5) is 12.1. The van der Waals surface area contributed by atoms with E-state index in [1.54, 1.807) is 24.3 Å². The third-order valence-electron chi connectivity index (χ3n) is 5.82. The summed E-state index contributed by atoms with van der Waals surface area (Å²) in [5.74, 6) is -0.733. The van der Waals surface area contributed by atoms with Crippen LogP contribution in [0, 0.1) is 35.1 Å². The van der Waals surface area contributed by atoms with Gasteiger partial charge in [-0.2, -0.15) is 0 Å². The molecule has 0 unspecified atom stereocenters. The van der Waals surface area contributed by atoms with Crippen molar-refractivity contribution in [2.75, 3.05) is 6.61 Å². The summed E-state index contributed by atoms with van der Waals surface area (Å²) in [6.07, 6.45) is 9.82. The summed E-state index contributed by atoms with van der Waals surface area (Å²) in [5.41, 5.74) is 0.263. The molecule has 0 spiro atoms. The van der Waals surface area contributed by atoms with Crippen molar-refractivity contribution in [3.63, 3.8) is 0 Å². The van der Waals surface area contributed by atoms with E-state index in [1.807, 2.05) is 0 Å². The van der Waals surface area contributed by atoms with Gasteiger partial charge in [-0.1, -0.05) is 63.7 Å². The van der Waals surface area contributed by atoms with Gasteiger partial charge < -0.3 is 9.47 Å². The Kier molecular flexibility index (Phi) is 11.2. The molecule has 3 rings (SSSR count). The molecule has 0 radical (unpaired) electrons. The molecule has 0 heterocycles. The van der Waals surface area contributed by atoms with Crippen LogP contribution in [0.25, 0.3) is 0 Å². The van der Waals surface area contributed by atoms with E-state index < -0.39 is 40.6 Å². The highest BCUT2D eigenvalue weighted by atomic mass is 19.2. The summed E-state index contributed by atoms with van der Waals surface area (Å²) in [6.45, 7) is 2.86. The molecular weight excluding hydrogens is 496 g/mol. The molecule has 7 heteroatoms. The van der Waals surface area contributed by atoms with Crippen LogP contribution in [0.15, 0.2) is 54.6 Å². The molecular formula is C31H30F4O3. The molecule has 3 aromatic carbocycles.